The molecule has 0 atom stereocenters. The Kier molecular flexibility index (Phi) is 2.74. The summed E-state index contributed by atoms with van der Waals surface area (Å²) < 4.78 is 9.65. The van der Waals surface area contributed by atoms with Gasteiger partial charge in [-0.3, -0.25) is 0 Å². The Labute approximate surface area is 71.1 Å². The minimum atomic E-state index is -0.410. The summed E-state index contributed by atoms with van der Waals surface area (Å²) in [6.07, 6.45) is 2.56. The predicted octanol–water partition coefficient (Wildman–Crippen LogP) is 1.46. The van der Waals surface area contributed by atoms with Gasteiger partial charge in [0.05, 0.1) is 0 Å². The van der Waals surface area contributed by atoms with Gasteiger partial charge in [-0.15, -0.1) is 0 Å². The van der Waals surface area contributed by atoms with E-state index in [0.717, 1.165) is 5.57 Å². The fraction of sp³-hybridized carbons (Fsp3) is 0.375. The molecule has 0 aromatic heterocycles. The van der Waals surface area contributed by atoms with E-state index in [-0.39, 0.29) is 13.3 Å². The molecule has 0 bridgehead atoms. The van der Waals surface area contributed by atoms with Crippen molar-refractivity contribution in [3.05, 3.63) is 24.6 Å². The van der Waals surface area contributed by atoms with Crippen molar-refractivity contribution in [2.45, 2.75) is 6.92 Å². The second kappa shape index (κ2) is 3.80. The molecule has 0 aromatic rings. The maximum Gasteiger partial charge on any atom is 0.417 e. The van der Waals surface area contributed by atoms with Gasteiger partial charge in [-0.05, 0) is 12.5 Å². The van der Waals surface area contributed by atoms with E-state index in [1.807, 2.05) is 0 Å². The monoisotopic (exact) mass is 169 g/mol. The Balaban J connectivity index is 2.28. The average molecular weight is 169 g/mol. The molecule has 0 aromatic carbocycles. The molecule has 0 fully saturated rings. The van der Waals surface area contributed by atoms with Crippen LogP contribution in [0.4, 0.5) is 4.79 Å². The lowest BCUT2D eigenvalue weighted by Gasteiger charge is -2.11. The van der Waals surface area contributed by atoms with Crippen molar-refractivity contribution < 1.29 is 14.3 Å². The molecule has 1 aliphatic rings. The van der Waals surface area contributed by atoms with E-state index in [0.29, 0.717) is 0 Å². The second-order valence-electron chi connectivity index (χ2n) is 2.56. The molecule has 12 heavy (non-hydrogen) atoms. The highest BCUT2D eigenvalue weighted by Crippen LogP contribution is 2.03. The van der Waals surface area contributed by atoms with E-state index >= 15 is 0 Å². The van der Waals surface area contributed by atoms with Crippen molar-refractivity contribution in [2.75, 3.05) is 13.3 Å². The molecule has 1 amide bonds. The van der Waals surface area contributed by atoms with Crippen molar-refractivity contribution in [1.29, 1.82) is 0 Å². The van der Waals surface area contributed by atoms with Crippen molar-refractivity contribution in [2.24, 2.45) is 0 Å². The summed E-state index contributed by atoms with van der Waals surface area (Å²) in [6.45, 7) is 5.89. The summed E-state index contributed by atoms with van der Waals surface area (Å²) in [5.74, 6) is 0. The van der Waals surface area contributed by atoms with E-state index in [1.165, 1.54) is 17.4 Å². The summed E-state index contributed by atoms with van der Waals surface area (Å²) in [6, 6.07) is 0. The van der Waals surface area contributed by atoms with E-state index in [1.54, 1.807) is 6.92 Å². The molecule has 0 aliphatic carbocycles. The van der Waals surface area contributed by atoms with Gasteiger partial charge in [0.25, 0.3) is 0 Å². The molecule has 1 aliphatic heterocycles. The van der Waals surface area contributed by atoms with Crippen LogP contribution in [0.2, 0.25) is 0 Å². The maximum atomic E-state index is 11.1. The van der Waals surface area contributed by atoms with E-state index in [4.69, 9.17) is 9.47 Å². The number of carbonyl (C=O) groups is 1. The zero-order valence-electron chi connectivity index (χ0n) is 6.95. The van der Waals surface area contributed by atoms with Crippen LogP contribution in [0.5, 0.6) is 0 Å². The number of hydrogen-bond acceptors (Lipinski definition) is 3. The summed E-state index contributed by atoms with van der Waals surface area (Å²) in [4.78, 5) is 12.4. The first-order valence-corrected chi connectivity index (χ1v) is 3.56. The molecule has 0 saturated heterocycles. The molecule has 0 spiro atoms. The molecule has 4 heteroatoms. The van der Waals surface area contributed by atoms with Gasteiger partial charge in [-0.1, -0.05) is 6.58 Å². The average Bonchev–Trinajstić information content (AvgIpc) is 2.51. The largest absolute Gasteiger partial charge is 0.479 e. The first kappa shape index (κ1) is 8.64. The van der Waals surface area contributed by atoms with Crippen LogP contribution in [0.3, 0.4) is 0 Å². The lowest BCUT2D eigenvalue weighted by molar-refractivity contribution is 0.101. The number of carbonyl (C=O) groups excluding carboxylic acids is 1. The van der Waals surface area contributed by atoms with Gasteiger partial charge < -0.3 is 9.47 Å². The molecular weight excluding hydrogens is 158 g/mol. The predicted molar refractivity (Wildman–Crippen MR) is 43.1 cm³/mol. The summed E-state index contributed by atoms with van der Waals surface area (Å²) in [5.41, 5.74) is 0.812. The minimum absolute atomic E-state index is 0.231. The number of nitrogens with zero attached hydrogens (tertiary/aromatic N) is 1. The Morgan fingerprint density at radius 1 is 1.83 bits per heavy atom. The molecule has 0 radical (unpaired) electrons. The van der Waals surface area contributed by atoms with Crippen LogP contribution in [-0.2, 0) is 9.47 Å². The van der Waals surface area contributed by atoms with Crippen LogP contribution >= 0.6 is 0 Å². The summed E-state index contributed by atoms with van der Waals surface area (Å²) in [5, 5.41) is 0. The van der Waals surface area contributed by atoms with Crippen LogP contribution in [0, 0.1) is 0 Å². The summed E-state index contributed by atoms with van der Waals surface area (Å²) >= 11 is 0. The lowest BCUT2D eigenvalue weighted by Crippen LogP contribution is -2.25. The third-order valence-electron chi connectivity index (χ3n) is 1.23. The van der Waals surface area contributed by atoms with Crippen LogP contribution in [0.1, 0.15) is 6.92 Å². The van der Waals surface area contributed by atoms with Crippen molar-refractivity contribution in [1.82, 2.24) is 4.90 Å². The SMILES string of the molecule is C=C(C)COC(=O)N1C=COC1. The van der Waals surface area contributed by atoms with Crippen LogP contribution in [-0.4, -0.2) is 24.3 Å². The van der Waals surface area contributed by atoms with Crippen molar-refractivity contribution in [3.8, 4) is 0 Å². The zero-order chi connectivity index (χ0) is 8.97. The number of amides is 1. The molecule has 0 N–H and O–H groups in total. The normalized spacial score (nSPS) is 14.2. The fourth-order valence-electron chi connectivity index (χ4n) is 0.664. The van der Waals surface area contributed by atoms with E-state index in [2.05, 4.69) is 6.58 Å². The summed E-state index contributed by atoms with van der Waals surface area (Å²) in [7, 11) is 0. The number of ether oxygens (including phenoxy) is 2. The van der Waals surface area contributed by atoms with Crippen molar-refractivity contribution >= 4 is 6.09 Å². The zero-order valence-corrected chi connectivity index (χ0v) is 6.95. The fourth-order valence-corrected chi connectivity index (χ4v) is 0.664. The van der Waals surface area contributed by atoms with Crippen LogP contribution in [0.25, 0.3) is 0 Å². The topological polar surface area (TPSA) is 38.8 Å². The molecule has 1 rings (SSSR count). The number of hydrogen-bond donors (Lipinski definition) is 0. The lowest BCUT2D eigenvalue weighted by atomic mass is 10.4. The molecule has 1 heterocycles. The third kappa shape index (κ3) is 2.30. The number of rotatable bonds is 2. The minimum Gasteiger partial charge on any atom is -0.479 e. The highest BCUT2D eigenvalue weighted by atomic mass is 16.6. The van der Waals surface area contributed by atoms with Crippen LogP contribution in [0.15, 0.2) is 24.6 Å². The van der Waals surface area contributed by atoms with Gasteiger partial charge in [0, 0.05) is 6.20 Å². The maximum absolute atomic E-state index is 11.1. The first-order chi connectivity index (χ1) is 5.70. The van der Waals surface area contributed by atoms with Crippen molar-refractivity contribution in [3.63, 3.8) is 0 Å². The standard InChI is InChI=1S/C8H11NO3/c1-7(2)5-12-8(10)9-3-4-11-6-9/h3-4H,1,5-6H2,2H3. The quantitative estimate of drug-likeness (QED) is 0.587. The molecule has 4 nitrogen and oxygen atoms in total. The Morgan fingerprint density at radius 2 is 2.58 bits per heavy atom. The van der Waals surface area contributed by atoms with Gasteiger partial charge in [-0.2, -0.15) is 0 Å². The Bertz CT molecular complexity index is 222. The van der Waals surface area contributed by atoms with Gasteiger partial charge in [-0.25, -0.2) is 9.69 Å². The molecule has 0 saturated carbocycles. The van der Waals surface area contributed by atoms with Gasteiger partial charge in [0.15, 0.2) is 6.73 Å². The second-order valence-corrected chi connectivity index (χ2v) is 2.56. The van der Waals surface area contributed by atoms with Gasteiger partial charge in [0.2, 0.25) is 0 Å². The molecule has 66 valence electrons. The van der Waals surface area contributed by atoms with Gasteiger partial charge >= 0.3 is 6.09 Å². The van der Waals surface area contributed by atoms with Crippen LogP contribution < -0.4 is 0 Å². The Hall–Kier alpha value is -1.45. The van der Waals surface area contributed by atoms with E-state index < -0.39 is 6.09 Å². The highest BCUT2D eigenvalue weighted by Gasteiger charge is 2.15. The Morgan fingerprint density at radius 3 is 3.08 bits per heavy atom. The molecule has 0 unspecified atom stereocenters. The van der Waals surface area contributed by atoms with E-state index in [9.17, 15) is 4.79 Å². The van der Waals surface area contributed by atoms with Gasteiger partial charge in [0.1, 0.15) is 12.9 Å². The third-order valence-corrected chi connectivity index (χ3v) is 1.23. The first-order valence-electron chi connectivity index (χ1n) is 3.56. The smallest absolute Gasteiger partial charge is 0.417 e. The highest BCUT2D eigenvalue weighted by molar-refractivity contribution is 5.69. The molecular formula is C8H11NO3.